The number of primary sulfonamides is 1. The molecular formula is C16H14F3N3O2S. The van der Waals surface area contributed by atoms with Crippen molar-refractivity contribution in [3.63, 3.8) is 0 Å². The average Bonchev–Trinajstić information content (AvgIpc) is 2.53. The van der Waals surface area contributed by atoms with Crippen molar-refractivity contribution in [1.29, 1.82) is 5.26 Å². The van der Waals surface area contributed by atoms with Crippen LogP contribution in [0.3, 0.4) is 0 Å². The molecule has 0 heterocycles. The van der Waals surface area contributed by atoms with Crippen molar-refractivity contribution < 1.29 is 21.6 Å². The number of nitrogens with zero attached hydrogens (tertiary/aromatic N) is 1. The van der Waals surface area contributed by atoms with E-state index < -0.39 is 27.3 Å². The van der Waals surface area contributed by atoms with Crippen LogP contribution in [0.1, 0.15) is 16.7 Å². The van der Waals surface area contributed by atoms with Gasteiger partial charge in [0.15, 0.2) is 0 Å². The topological polar surface area (TPSA) is 96.0 Å². The first kappa shape index (κ1) is 18.8. The standard InChI is InChI=1S/C16H14F3N3O2S/c17-16(18,19)15-9-13(4-3-12(15)10-20)22-8-7-11-1-5-14(6-2-11)25(21,23)24/h1-6,9,22H,7-8H2,(H2,21,23,24). The fourth-order valence-electron chi connectivity index (χ4n) is 2.18. The van der Waals surface area contributed by atoms with Gasteiger partial charge in [-0.1, -0.05) is 12.1 Å². The molecule has 0 saturated carbocycles. The fourth-order valence-corrected chi connectivity index (χ4v) is 2.70. The van der Waals surface area contributed by atoms with Crippen LogP contribution in [0, 0.1) is 11.3 Å². The molecule has 0 aliphatic heterocycles. The summed E-state index contributed by atoms with van der Waals surface area (Å²) in [5.74, 6) is 0. The molecule has 0 atom stereocenters. The van der Waals surface area contributed by atoms with Crippen molar-refractivity contribution in [2.24, 2.45) is 5.14 Å². The Morgan fingerprint density at radius 1 is 1.12 bits per heavy atom. The molecule has 132 valence electrons. The molecule has 0 amide bonds. The van der Waals surface area contributed by atoms with Crippen LogP contribution in [-0.4, -0.2) is 15.0 Å². The van der Waals surface area contributed by atoms with E-state index in [9.17, 15) is 21.6 Å². The molecule has 9 heteroatoms. The summed E-state index contributed by atoms with van der Waals surface area (Å²) < 4.78 is 61.0. The minimum absolute atomic E-state index is 0.00822. The lowest BCUT2D eigenvalue weighted by atomic mass is 10.1. The molecule has 0 spiro atoms. The van der Waals surface area contributed by atoms with Gasteiger partial charge in [0.25, 0.3) is 0 Å². The molecule has 25 heavy (non-hydrogen) atoms. The van der Waals surface area contributed by atoms with Gasteiger partial charge >= 0.3 is 6.18 Å². The third-order valence-electron chi connectivity index (χ3n) is 3.44. The lowest BCUT2D eigenvalue weighted by molar-refractivity contribution is -0.137. The SMILES string of the molecule is N#Cc1ccc(NCCc2ccc(S(N)(=O)=O)cc2)cc1C(F)(F)F. The van der Waals surface area contributed by atoms with Gasteiger partial charge < -0.3 is 5.32 Å². The number of nitrogens with two attached hydrogens (primary N) is 1. The van der Waals surface area contributed by atoms with Crippen molar-refractivity contribution in [3.05, 3.63) is 59.2 Å². The van der Waals surface area contributed by atoms with Gasteiger partial charge in [0.2, 0.25) is 10.0 Å². The number of nitrogens with one attached hydrogen (secondary N) is 1. The Kier molecular flexibility index (Phi) is 5.35. The molecule has 2 rings (SSSR count). The summed E-state index contributed by atoms with van der Waals surface area (Å²) in [5, 5.41) is 16.6. The van der Waals surface area contributed by atoms with E-state index >= 15 is 0 Å². The van der Waals surface area contributed by atoms with Gasteiger partial charge in [-0.05, 0) is 42.3 Å². The largest absolute Gasteiger partial charge is 0.417 e. The number of hydrogen-bond acceptors (Lipinski definition) is 4. The summed E-state index contributed by atoms with van der Waals surface area (Å²) in [6, 6.07) is 10.8. The first-order valence-corrected chi connectivity index (χ1v) is 8.63. The van der Waals surface area contributed by atoms with Crippen molar-refractivity contribution in [3.8, 4) is 6.07 Å². The van der Waals surface area contributed by atoms with Gasteiger partial charge in [0.1, 0.15) is 0 Å². The van der Waals surface area contributed by atoms with Crippen LogP contribution in [0.2, 0.25) is 0 Å². The Labute approximate surface area is 142 Å². The van der Waals surface area contributed by atoms with E-state index in [0.717, 1.165) is 17.7 Å². The maximum absolute atomic E-state index is 12.9. The predicted molar refractivity (Wildman–Crippen MR) is 86.2 cm³/mol. The third kappa shape index (κ3) is 4.95. The molecule has 2 aromatic carbocycles. The highest BCUT2D eigenvalue weighted by Crippen LogP contribution is 2.33. The molecule has 0 aliphatic rings. The van der Waals surface area contributed by atoms with Crippen LogP contribution in [0.4, 0.5) is 18.9 Å². The number of hydrogen-bond donors (Lipinski definition) is 2. The lowest BCUT2D eigenvalue weighted by Crippen LogP contribution is -2.12. The molecule has 0 aromatic heterocycles. The van der Waals surface area contributed by atoms with Crippen molar-refractivity contribution in [1.82, 2.24) is 0 Å². The van der Waals surface area contributed by atoms with Gasteiger partial charge in [0.05, 0.1) is 22.1 Å². The van der Waals surface area contributed by atoms with Crippen molar-refractivity contribution in [2.75, 3.05) is 11.9 Å². The van der Waals surface area contributed by atoms with Gasteiger partial charge in [-0.3, -0.25) is 0 Å². The Balaban J connectivity index is 2.04. The minimum atomic E-state index is -4.60. The van der Waals surface area contributed by atoms with Crippen LogP contribution in [0.5, 0.6) is 0 Å². The van der Waals surface area contributed by atoms with E-state index in [0.29, 0.717) is 13.0 Å². The second kappa shape index (κ2) is 7.13. The lowest BCUT2D eigenvalue weighted by Gasteiger charge is -2.12. The molecule has 5 nitrogen and oxygen atoms in total. The number of nitriles is 1. The first-order chi connectivity index (χ1) is 11.6. The van der Waals surface area contributed by atoms with Crippen LogP contribution in [-0.2, 0) is 22.6 Å². The Bertz CT molecular complexity index is 902. The smallest absolute Gasteiger partial charge is 0.385 e. The maximum Gasteiger partial charge on any atom is 0.417 e. The highest BCUT2D eigenvalue weighted by molar-refractivity contribution is 7.89. The zero-order chi connectivity index (χ0) is 18.7. The fraction of sp³-hybridized carbons (Fsp3) is 0.188. The number of benzene rings is 2. The molecule has 3 N–H and O–H groups in total. The second-order valence-electron chi connectivity index (χ2n) is 5.24. The Hall–Kier alpha value is -2.57. The predicted octanol–water partition coefficient (Wildman–Crippen LogP) is 2.88. The number of sulfonamides is 1. The highest BCUT2D eigenvalue weighted by atomic mass is 32.2. The highest BCUT2D eigenvalue weighted by Gasteiger charge is 2.33. The summed E-state index contributed by atoms with van der Waals surface area (Å²) in [7, 11) is -3.76. The number of halogens is 3. The normalized spacial score (nSPS) is 11.8. The molecule has 0 bridgehead atoms. The quantitative estimate of drug-likeness (QED) is 0.847. The van der Waals surface area contributed by atoms with E-state index in [1.54, 1.807) is 12.1 Å². The van der Waals surface area contributed by atoms with Crippen molar-refractivity contribution in [2.45, 2.75) is 17.5 Å². The van der Waals surface area contributed by atoms with Gasteiger partial charge in [-0.2, -0.15) is 18.4 Å². The van der Waals surface area contributed by atoms with Crippen LogP contribution >= 0.6 is 0 Å². The van der Waals surface area contributed by atoms with Gasteiger partial charge in [-0.15, -0.1) is 0 Å². The summed E-state index contributed by atoms with van der Waals surface area (Å²) in [6.45, 7) is 0.331. The molecule has 2 aromatic rings. The van der Waals surface area contributed by atoms with Gasteiger partial charge in [0, 0.05) is 12.2 Å². The molecule has 0 aliphatic carbocycles. The summed E-state index contributed by atoms with van der Waals surface area (Å²) >= 11 is 0. The monoisotopic (exact) mass is 369 g/mol. The molecule has 0 radical (unpaired) electrons. The van der Waals surface area contributed by atoms with E-state index in [1.807, 2.05) is 0 Å². The first-order valence-electron chi connectivity index (χ1n) is 7.08. The molecule has 0 unspecified atom stereocenters. The summed E-state index contributed by atoms with van der Waals surface area (Å²) in [4.78, 5) is -0.00822. The van der Waals surface area contributed by atoms with Crippen LogP contribution in [0.25, 0.3) is 0 Å². The number of anilines is 1. The Morgan fingerprint density at radius 2 is 1.76 bits per heavy atom. The van der Waals surface area contributed by atoms with E-state index in [4.69, 9.17) is 10.4 Å². The van der Waals surface area contributed by atoms with E-state index in [-0.39, 0.29) is 10.6 Å². The minimum Gasteiger partial charge on any atom is -0.385 e. The van der Waals surface area contributed by atoms with Crippen LogP contribution < -0.4 is 10.5 Å². The third-order valence-corrected chi connectivity index (χ3v) is 4.37. The summed E-state index contributed by atoms with van der Waals surface area (Å²) in [6.07, 6.45) is -4.14. The molecule has 0 fully saturated rings. The average molecular weight is 369 g/mol. The van der Waals surface area contributed by atoms with Crippen LogP contribution in [0.15, 0.2) is 47.4 Å². The molecular weight excluding hydrogens is 355 g/mol. The molecule has 0 saturated heterocycles. The van der Waals surface area contributed by atoms with Gasteiger partial charge in [-0.25, -0.2) is 13.6 Å². The van der Waals surface area contributed by atoms with Crippen molar-refractivity contribution >= 4 is 15.7 Å². The summed E-state index contributed by atoms with van der Waals surface area (Å²) in [5.41, 5.74) is -0.383. The number of rotatable bonds is 5. The Morgan fingerprint density at radius 3 is 2.28 bits per heavy atom. The zero-order valence-corrected chi connectivity index (χ0v) is 13.7. The van der Waals surface area contributed by atoms with E-state index in [1.165, 1.54) is 24.3 Å². The van der Waals surface area contributed by atoms with E-state index in [2.05, 4.69) is 5.32 Å². The number of alkyl halides is 3. The maximum atomic E-state index is 12.9. The second-order valence-corrected chi connectivity index (χ2v) is 6.80. The zero-order valence-electron chi connectivity index (χ0n) is 12.8.